The lowest BCUT2D eigenvalue weighted by Crippen LogP contribution is -2.38. The Morgan fingerprint density at radius 1 is 1.41 bits per heavy atom. The van der Waals surface area contributed by atoms with Crippen LogP contribution in [-0.2, 0) is 14.8 Å². The molecule has 2 rings (SSSR count). The summed E-state index contributed by atoms with van der Waals surface area (Å²) in [5.74, 6) is -2.52. The predicted molar refractivity (Wildman–Crippen MR) is 78.9 cm³/mol. The number of hydrogen-bond acceptors (Lipinski definition) is 3. The Kier molecular flexibility index (Phi) is 4.62. The fraction of sp³-hybridized carbons (Fsp3) is 0.357. The van der Waals surface area contributed by atoms with E-state index in [1.165, 1.54) is 6.07 Å². The van der Waals surface area contributed by atoms with E-state index >= 15 is 0 Å². The van der Waals surface area contributed by atoms with Crippen molar-refractivity contribution in [3.05, 3.63) is 42.0 Å². The minimum atomic E-state index is -3.63. The van der Waals surface area contributed by atoms with E-state index in [2.05, 4.69) is 11.3 Å². The largest absolute Gasteiger partial charge is 0.306 e. The fourth-order valence-corrected chi connectivity index (χ4v) is 3.77. The summed E-state index contributed by atoms with van der Waals surface area (Å²) >= 11 is 0. The first-order valence-corrected chi connectivity index (χ1v) is 8.23. The number of benzene rings is 1. The van der Waals surface area contributed by atoms with Gasteiger partial charge in [-0.3, -0.25) is 4.79 Å². The number of anilines is 1. The van der Waals surface area contributed by atoms with Gasteiger partial charge in [0.2, 0.25) is 15.9 Å². The molecule has 1 heterocycles. The number of sulfonamides is 1. The van der Waals surface area contributed by atoms with Crippen LogP contribution in [0.25, 0.3) is 0 Å². The van der Waals surface area contributed by atoms with Crippen molar-refractivity contribution >= 4 is 21.6 Å². The number of rotatable bonds is 5. The molecule has 8 heteroatoms. The Labute approximate surface area is 127 Å². The molecular weight excluding hydrogens is 314 g/mol. The molecule has 1 saturated heterocycles. The van der Waals surface area contributed by atoms with Crippen LogP contribution in [0.2, 0.25) is 0 Å². The van der Waals surface area contributed by atoms with Crippen LogP contribution < -0.4 is 9.62 Å². The fourth-order valence-electron chi connectivity index (χ4n) is 2.37. The lowest BCUT2D eigenvalue weighted by atomic mass is 10.2. The molecule has 0 radical (unpaired) electrons. The van der Waals surface area contributed by atoms with Crippen molar-refractivity contribution in [2.45, 2.75) is 19.4 Å². The second kappa shape index (κ2) is 6.13. The van der Waals surface area contributed by atoms with Gasteiger partial charge in [0.05, 0.1) is 5.75 Å². The van der Waals surface area contributed by atoms with Gasteiger partial charge in [-0.25, -0.2) is 21.9 Å². The maximum Gasteiger partial charge on any atom is 0.228 e. The van der Waals surface area contributed by atoms with Crippen LogP contribution in [0.1, 0.15) is 13.3 Å². The van der Waals surface area contributed by atoms with Crippen molar-refractivity contribution in [2.24, 2.45) is 0 Å². The van der Waals surface area contributed by atoms with E-state index in [0.29, 0.717) is 5.57 Å². The monoisotopic (exact) mass is 330 g/mol. The minimum Gasteiger partial charge on any atom is -0.306 e. The van der Waals surface area contributed by atoms with Crippen LogP contribution in [0.15, 0.2) is 30.4 Å². The number of hydrogen-bond donors (Lipinski definition) is 1. The zero-order valence-corrected chi connectivity index (χ0v) is 12.8. The van der Waals surface area contributed by atoms with E-state index in [9.17, 15) is 22.0 Å². The van der Waals surface area contributed by atoms with Crippen LogP contribution in [0.3, 0.4) is 0 Å². The summed E-state index contributed by atoms with van der Waals surface area (Å²) < 4.78 is 53.5. The Hall–Kier alpha value is -1.80. The average Bonchev–Trinajstić information content (AvgIpc) is 2.67. The molecule has 1 aliphatic rings. The molecule has 1 atom stereocenters. The Morgan fingerprint density at radius 3 is 2.55 bits per heavy atom. The van der Waals surface area contributed by atoms with Crippen LogP contribution in [0.4, 0.5) is 14.5 Å². The van der Waals surface area contributed by atoms with Crippen molar-refractivity contribution in [3.8, 4) is 0 Å². The standard InChI is InChI=1S/C14H16F2N2O3S/c1-9(2)8-22(20,21)17-10-6-13(19)18(7-10)14-11(15)4-3-5-12(14)16/h3-5,10,17H,1,6-8H2,2H3. The molecule has 1 N–H and O–H groups in total. The molecule has 1 aromatic carbocycles. The maximum absolute atomic E-state index is 13.7. The predicted octanol–water partition coefficient (Wildman–Crippen LogP) is 1.57. The van der Waals surface area contributed by atoms with Crippen LogP contribution >= 0.6 is 0 Å². The second-order valence-electron chi connectivity index (χ2n) is 5.31. The SMILES string of the molecule is C=C(C)CS(=O)(=O)NC1CC(=O)N(c2c(F)cccc2F)C1. The summed E-state index contributed by atoms with van der Waals surface area (Å²) in [5.41, 5.74) is 0.00271. The van der Waals surface area contributed by atoms with Gasteiger partial charge >= 0.3 is 0 Å². The number of nitrogens with one attached hydrogen (secondary N) is 1. The number of halogens is 2. The van der Waals surface area contributed by atoms with Crippen molar-refractivity contribution in [1.82, 2.24) is 4.72 Å². The van der Waals surface area contributed by atoms with Crippen LogP contribution in [0.5, 0.6) is 0 Å². The van der Waals surface area contributed by atoms with Gasteiger partial charge in [-0.15, -0.1) is 0 Å². The molecule has 1 aromatic rings. The summed E-state index contributed by atoms with van der Waals surface area (Å²) in [5, 5.41) is 0. The highest BCUT2D eigenvalue weighted by Crippen LogP contribution is 2.27. The molecule has 120 valence electrons. The Morgan fingerprint density at radius 2 is 2.00 bits per heavy atom. The number of amides is 1. The maximum atomic E-state index is 13.7. The van der Waals surface area contributed by atoms with Gasteiger partial charge in [-0.05, 0) is 19.1 Å². The molecule has 0 saturated carbocycles. The van der Waals surface area contributed by atoms with E-state index < -0.39 is 39.3 Å². The highest BCUT2D eigenvalue weighted by atomic mass is 32.2. The van der Waals surface area contributed by atoms with Crippen LogP contribution in [-0.4, -0.2) is 32.7 Å². The summed E-state index contributed by atoms with van der Waals surface area (Å²) in [6.45, 7) is 4.97. The summed E-state index contributed by atoms with van der Waals surface area (Å²) in [6.07, 6.45) is -0.150. The number of nitrogens with zero attached hydrogens (tertiary/aromatic N) is 1. The quantitative estimate of drug-likeness (QED) is 0.833. The van der Waals surface area contributed by atoms with Crippen molar-refractivity contribution in [1.29, 1.82) is 0 Å². The molecule has 1 aliphatic heterocycles. The van der Waals surface area contributed by atoms with Crippen molar-refractivity contribution in [3.63, 3.8) is 0 Å². The van der Waals surface area contributed by atoms with Gasteiger partial charge in [0.25, 0.3) is 0 Å². The summed E-state index contributed by atoms with van der Waals surface area (Å²) in [7, 11) is -3.63. The lowest BCUT2D eigenvalue weighted by Gasteiger charge is -2.18. The second-order valence-corrected chi connectivity index (χ2v) is 7.06. The van der Waals surface area contributed by atoms with Gasteiger partial charge in [-0.2, -0.15) is 0 Å². The average molecular weight is 330 g/mol. The van der Waals surface area contributed by atoms with E-state index in [-0.39, 0.29) is 18.7 Å². The molecule has 5 nitrogen and oxygen atoms in total. The zero-order valence-electron chi connectivity index (χ0n) is 12.0. The normalized spacial score (nSPS) is 18.8. The van der Waals surface area contributed by atoms with E-state index in [1.807, 2.05) is 0 Å². The smallest absolute Gasteiger partial charge is 0.228 e. The highest BCUT2D eigenvalue weighted by Gasteiger charge is 2.35. The van der Waals surface area contributed by atoms with Gasteiger partial charge in [0.15, 0.2) is 0 Å². The number of carbonyl (C=O) groups is 1. The van der Waals surface area contributed by atoms with E-state index in [4.69, 9.17) is 0 Å². The van der Waals surface area contributed by atoms with Gasteiger partial charge in [0.1, 0.15) is 17.3 Å². The first-order chi connectivity index (χ1) is 10.2. The first-order valence-electron chi connectivity index (χ1n) is 6.58. The van der Waals surface area contributed by atoms with Gasteiger partial charge < -0.3 is 4.90 Å². The topological polar surface area (TPSA) is 66.5 Å². The van der Waals surface area contributed by atoms with Crippen LogP contribution in [0, 0.1) is 11.6 Å². The Balaban J connectivity index is 2.17. The first kappa shape index (κ1) is 16.6. The van der Waals surface area contributed by atoms with Crippen molar-refractivity contribution < 1.29 is 22.0 Å². The third kappa shape index (κ3) is 3.69. The number of para-hydroxylation sites is 1. The molecule has 0 bridgehead atoms. The summed E-state index contributed by atoms with van der Waals surface area (Å²) in [4.78, 5) is 12.9. The molecule has 1 amide bonds. The lowest BCUT2D eigenvalue weighted by molar-refractivity contribution is -0.117. The third-order valence-corrected chi connectivity index (χ3v) is 4.68. The molecule has 0 spiro atoms. The van der Waals surface area contributed by atoms with Gasteiger partial charge in [0, 0.05) is 19.0 Å². The molecular formula is C14H16F2N2O3S. The van der Waals surface area contributed by atoms with E-state index in [1.54, 1.807) is 6.92 Å². The highest BCUT2D eigenvalue weighted by molar-refractivity contribution is 7.89. The van der Waals surface area contributed by atoms with E-state index in [0.717, 1.165) is 17.0 Å². The molecule has 0 aromatic heterocycles. The van der Waals surface area contributed by atoms with Gasteiger partial charge in [-0.1, -0.05) is 18.2 Å². The zero-order chi connectivity index (χ0) is 16.5. The molecule has 22 heavy (non-hydrogen) atoms. The molecule has 0 aliphatic carbocycles. The summed E-state index contributed by atoms with van der Waals surface area (Å²) in [6, 6.07) is 2.56. The number of carbonyl (C=O) groups excluding carboxylic acids is 1. The minimum absolute atomic E-state index is 0.119. The van der Waals surface area contributed by atoms with Crippen molar-refractivity contribution in [2.75, 3.05) is 17.2 Å². The Bertz CT molecular complexity index is 699. The molecule has 1 fully saturated rings. The third-order valence-electron chi connectivity index (χ3n) is 3.12. The molecule has 1 unspecified atom stereocenters.